The van der Waals surface area contributed by atoms with E-state index in [1.807, 2.05) is 0 Å². The molecule has 2 rings (SSSR count). The zero-order valence-corrected chi connectivity index (χ0v) is 10.9. The average Bonchev–Trinajstić information content (AvgIpc) is 2.46. The van der Waals surface area contributed by atoms with E-state index in [9.17, 15) is 8.42 Å². The molecule has 0 atom stereocenters. The van der Waals surface area contributed by atoms with Crippen LogP contribution in [0.25, 0.3) is 0 Å². The third kappa shape index (κ3) is 3.28. The van der Waals surface area contributed by atoms with Gasteiger partial charge < -0.3 is 5.43 Å². The standard InChI is InChI=1S/C12H14N4O2S/c13-16-11-6-1-2-7-12(11)19(17,18)15-9-10-5-3-4-8-14-10/h1-8,15-16H,9,13H2. The predicted octanol–water partition coefficient (Wildman–Crippen LogP) is 0.846. The number of nitrogens with one attached hydrogen (secondary N) is 2. The van der Waals surface area contributed by atoms with E-state index >= 15 is 0 Å². The molecule has 0 unspecified atom stereocenters. The molecule has 0 spiro atoms. The van der Waals surface area contributed by atoms with Gasteiger partial charge in [-0.25, -0.2) is 13.1 Å². The largest absolute Gasteiger partial charge is 0.323 e. The molecule has 0 bridgehead atoms. The second-order valence-electron chi connectivity index (χ2n) is 3.79. The molecule has 0 fully saturated rings. The number of hydrazine groups is 1. The van der Waals surface area contributed by atoms with Crippen LogP contribution in [0.3, 0.4) is 0 Å². The molecular formula is C12H14N4O2S. The van der Waals surface area contributed by atoms with Crippen LogP contribution in [0.4, 0.5) is 5.69 Å². The molecule has 0 aliphatic rings. The molecule has 100 valence electrons. The molecule has 1 heterocycles. The smallest absolute Gasteiger partial charge is 0.243 e. The van der Waals surface area contributed by atoms with Crippen molar-refractivity contribution in [2.24, 2.45) is 5.84 Å². The number of para-hydroxylation sites is 1. The summed E-state index contributed by atoms with van der Waals surface area (Å²) in [5.41, 5.74) is 3.35. The van der Waals surface area contributed by atoms with Gasteiger partial charge in [-0.3, -0.25) is 10.8 Å². The number of hydrogen-bond donors (Lipinski definition) is 3. The molecule has 0 saturated heterocycles. The maximum absolute atomic E-state index is 12.2. The Bertz CT molecular complexity index is 644. The Labute approximate surface area is 111 Å². The molecule has 0 aliphatic heterocycles. The summed E-state index contributed by atoms with van der Waals surface area (Å²) in [7, 11) is -3.63. The highest BCUT2D eigenvalue weighted by atomic mass is 32.2. The number of rotatable bonds is 5. The summed E-state index contributed by atoms with van der Waals surface area (Å²) < 4.78 is 26.8. The van der Waals surface area contributed by atoms with Crippen LogP contribution in [-0.2, 0) is 16.6 Å². The normalized spacial score (nSPS) is 11.2. The fraction of sp³-hybridized carbons (Fsp3) is 0.0833. The molecule has 1 aromatic heterocycles. The van der Waals surface area contributed by atoms with Gasteiger partial charge in [0, 0.05) is 6.20 Å². The lowest BCUT2D eigenvalue weighted by atomic mass is 10.3. The minimum atomic E-state index is -3.63. The molecule has 0 aliphatic carbocycles. The number of pyridine rings is 1. The number of sulfonamides is 1. The van der Waals surface area contributed by atoms with Crippen LogP contribution in [0.1, 0.15) is 5.69 Å². The molecule has 2 aromatic rings. The van der Waals surface area contributed by atoms with Gasteiger partial charge >= 0.3 is 0 Å². The molecule has 0 amide bonds. The van der Waals surface area contributed by atoms with E-state index in [-0.39, 0.29) is 11.4 Å². The Balaban J connectivity index is 2.19. The average molecular weight is 278 g/mol. The first-order chi connectivity index (χ1) is 9.13. The van der Waals surface area contributed by atoms with Crippen molar-refractivity contribution in [1.82, 2.24) is 9.71 Å². The molecule has 7 heteroatoms. The number of anilines is 1. The number of nitrogens with two attached hydrogens (primary N) is 1. The Kier molecular flexibility index (Phi) is 4.10. The van der Waals surface area contributed by atoms with Crippen LogP contribution < -0.4 is 16.0 Å². The van der Waals surface area contributed by atoms with Crippen molar-refractivity contribution in [3.63, 3.8) is 0 Å². The van der Waals surface area contributed by atoms with Crippen LogP contribution >= 0.6 is 0 Å². The fourth-order valence-corrected chi connectivity index (χ4v) is 2.74. The Morgan fingerprint density at radius 1 is 1.11 bits per heavy atom. The Morgan fingerprint density at radius 3 is 2.53 bits per heavy atom. The van der Waals surface area contributed by atoms with Gasteiger partial charge in [-0.15, -0.1) is 0 Å². The molecule has 0 saturated carbocycles. The maximum atomic E-state index is 12.2. The summed E-state index contributed by atoms with van der Waals surface area (Å²) in [5.74, 6) is 5.30. The SMILES string of the molecule is NNc1ccccc1S(=O)(=O)NCc1ccccn1. The first-order valence-electron chi connectivity index (χ1n) is 5.59. The zero-order valence-electron chi connectivity index (χ0n) is 10.1. The summed E-state index contributed by atoms with van der Waals surface area (Å²) in [6, 6.07) is 11.7. The van der Waals surface area contributed by atoms with Crippen LogP contribution in [0.15, 0.2) is 53.6 Å². The topological polar surface area (TPSA) is 97.1 Å². The van der Waals surface area contributed by atoms with Crippen molar-refractivity contribution in [2.75, 3.05) is 5.43 Å². The number of aromatic nitrogens is 1. The van der Waals surface area contributed by atoms with Gasteiger partial charge in [-0.05, 0) is 24.3 Å². The summed E-state index contributed by atoms with van der Waals surface area (Å²) in [6.07, 6.45) is 1.61. The Hall–Kier alpha value is -1.96. The summed E-state index contributed by atoms with van der Waals surface area (Å²) in [4.78, 5) is 4.16. The molecule has 1 aromatic carbocycles. The van der Waals surface area contributed by atoms with Crippen LogP contribution in [0.5, 0.6) is 0 Å². The van der Waals surface area contributed by atoms with Crippen molar-refractivity contribution in [2.45, 2.75) is 11.4 Å². The minimum absolute atomic E-state index is 0.105. The summed E-state index contributed by atoms with van der Waals surface area (Å²) in [6.45, 7) is 0.127. The number of benzene rings is 1. The van der Waals surface area contributed by atoms with Gasteiger partial charge in [-0.2, -0.15) is 0 Å². The molecular weight excluding hydrogens is 264 g/mol. The first-order valence-corrected chi connectivity index (χ1v) is 7.07. The summed E-state index contributed by atoms with van der Waals surface area (Å²) in [5, 5.41) is 0. The van der Waals surface area contributed by atoms with Crippen molar-refractivity contribution in [1.29, 1.82) is 0 Å². The third-order valence-electron chi connectivity index (χ3n) is 2.50. The fourth-order valence-electron chi connectivity index (χ4n) is 1.57. The van der Waals surface area contributed by atoms with Gasteiger partial charge in [0.15, 0.2) is 0 Å². The quantitative estimate of drug-likeness (QED) is 0.556. The van der Waals surface area contributed by atoms with E-state index in [1.165, 1.54) is 6.07 Å². The van der Waals surface area contributed by atoms with Gasteiger partial charge in [0.1, 0.15) is 4.90 Å². The van der Waals surface area contributed by atoms with Gasteiger partial charge in [0.05, 0.1) is 17.9 Å². The molecule has 19 heavy (non-hydrogen) atoms. The van der Waals surface area contributed by atoms with E-state index in [0.29, 0.717) is 11.4 Å². The molecule has 4 N–H and O–H groups in total. The zero-order chi connectivity index (χ0) is 13.7. The highest BCUT2D eigenvalue weighted by molar-refractivity contribution is 7.89. The van der Waals surface area contributed by atoms with Crippen molar-refractivity contribution < 1.29 is 8.42 Å². The first kappa shape index (κ1) is 13.5. The molecule has 6 nitrogen and oxygen atoms in total. The van der Waals surface area contributed by atoms with E-state index < -0.39 is 10.0 Å². The highest BCUT2D eigenvalue weighted by Crippen LogP contribution is 2.19. The maximum Gasteiger partial charge on any atom is 0.243 e. The van der Waals surface area contributed by atoms with Gasteiger partial charge in [-0.1, -0.05) is 18.2 Å². The van der Waals surface area contributed by atoms with E-state index in [1.54, 1.807) is 42.6 Å². The van der Waals surface area contributed by atoms with Crippen LogP contribution in [0, 0.1) is 0 Å². The number of nitrogens with zero attached hydrogens (tertiary/aromatic N) is 1. The van der Waals surface area contributed by atoms with E-state index in [2.05, 4.69) is 15.1 Å². The summed E-state index contributed by atoms with van der Waals surface area (Å²) >= 11 is 0. The second-order valence-corrected chi connectivity index (χ2v) is 5.52. The van der Waals surface area contributed by atoms with Crippen molar-refractivity contribution >= 4 is 15.7 Å². The van der Waals surface area contributed by atoms with Crippen LogP contribution in [0.2, 0.25) is 0 Å². The number of hydrogen-bond acceptors (Lipinski definition) is 5. The predicted molar refractivity (Wildman–Crippen MR) is 72.5 cm³/mol. The lowest BCUT2D eigenvalue weighted by molar-refractivity contribution is 0.580. The Morgan fingerprint density at radius 2 is 1.84 bits per heavy atom. The minimum Gasteiger partial charge on any atom is -0.323 e. The third-order valence-corrected chi connectivity index (χ3v) is 3.96. The van der Waals surface area contributed by atoms with Gasteiger partial charge in [0.2, 0.25) is 10.0 Å². The highest BCUT2D eigenvalue weighted by Gasteiger charge is 2.17. The van der Waals surface area contributed by atoms with Gasteiger partial charge in [0.25, 0.3) is 0 Å². The monoisotopic (exact) mass is 278 g/mol. The lowest BCUT2D eigenvalue weighted by Crippen LogP contribution is -2.25. The van der Waals surface area contributed by atoms with Crippen molar-refractivity contribution in [3.05, 3.63) is 54.4 Å². The number of nitrogen functional groups attached to an aromatic ring is 1. The molecule has 0 radical (unpaired) electrons. The second kappa shape index (κ2) is 5.79. The van der Waals surface area contributed by atoms with Crippen LogP contribution in [-0.4, -0.2) is 13.4 Å². The van der Waals surface area contributed by atoms with Crippen molar-refractivity contribution in [3.8, 4) is 0 Å². The van der Waals surface area contributed by atoms with E-state index in [0.717, 1.165) is 0 Å². The van der Waals surface area contributed by atoms with E-state index in [4.69, 9.17) is 5.84 Å². The lowest BCUT2D eigenvalue weighted by Gasteiger charge is -2.10.